The maximum absolute atomic E-state index is 2.64. The summed E-state index contributed by atoms with van der Waals surface area (Å²) in [6.45, 7) is 4.61. The van der Waals surface area contributed by atoms with E-state index in [-0.39, 0.29) is 0 Å². The molecule has 0 radical (unpaired) electrons. The third-order valence-electron chi connectivity index (χ3n) is 3.79. The Morgan fingerprint density at radius 3 is 1.22 bits per heavy atom. The van der Waals surface area contributed by atoms with Gasteiger partial charge in [-0.25, -0.2) is 0 Å². The van der Waals surface area contributed by atoms with Crippen LogP contribution in [-0.4, -0.2) is 20.2 Å². The fraction of sp³-hybridized carbons (Fsp3) is 1.00. The molecule has 0 amide bonds. The number of unbranched alkanes of at least 4 members (excludes halogenated alkanes) is 10. The van der Waals surface area contributed by atoms with Crippen LogP contribution in [0.1, 0.15) is 90.9 Å². The molecule has 0 unspecified atom stereocenters. The third-order valence-corrected chi connectivity index (χ3v) is 9.95. The Balaban J connectivity index is 3.10. The van der Waals surface area contributed by atoms with Crippen molar-refractivity contribution in [1.29, 1.82) is 0 Å². The predicted molar refractivity (Wildman–Crippen MR) is 88.0 cm³/mol. The average Bonchev–Trinajstić information content (AvgIpc) is 2.38. The summed E-state index contributed by atoms with van der Waals surface area (Å²) in [7, 11) is 0. The van der Waals surface area contributed by atoms with Gasteiger partial charge in [-0.1, -0.05) is 0 Å². The molecule has 0 saturated heterocycles. The van der Waals surface area contributed by atoms with Crippen LogP contribution in [0.15, 0.2) is 0 Å². The zero-order valence-corrected chi connectivity index (χ0v) is 15.9. The van der Waals surface area contributed by atoms with Crippen LogP contribution in [0.5, 0.6) is 0 Å². The first-order valence-corrected chi connectivity index (χ1v) is 14.7. The zero-order chi connectivity index (χ0) is 13.5. The molecule has 0 saturated carbocycles. The molecule has 0 fully saturated rings. The maximum atomic E-state index is 2.64. The first-order chi connectivity index (χ1) is 8.81. The van der Waals surface area contributed by atoms with Crippen molar-refractivity contribution in [3.05, 3.63) is 0 Å². The summed E-state index contributed by atoms with van der Waals surface area (Å²) in [6.07, 6.45) is 17.8. The first kappa shape index (κ1) is 18.8. The van der Waals surface area contributed by atoms with Gasteiger partial charge in [0.05, 0.1) is 0 Å². The Morgan fingerprint density at radius 1 is 0.500 bits per heavy atom. The molecule has 0 aromatic heterocycles. The van der Waals surface area contributed by atoms with Crippen molar-refractivity contribution in [1.82, 2.24) is 0 Å². The molecule has 1 heteroatoms. The normalized spacial score (nSPS) is 11.3. The van der Waals surface area contributed by atoms with Crippen LogP contribution < -0.4 is 0 Å². The van der Waals surface area contributed by atoms with Gasteiger partial charge in [0, 0.05) is 0 Å². The second-order valence-corrected chi connectivity index (χ2v) is 13.3. The van der Waals surface area contributed by atoms with Crippen LogP contribution in [0, 0.1) is 0 Å². The molecule has 0 aliphatic heterocycles. The molecular weight excluding hydrogens is 326 g/mol. The van der Waals surface area contributed by atoms with E-state index in [9.17, 15) is 0 Å². The molecule has 0 aliphatic rings. The molecule has 0 rings (SSSR count). The summed E-state index contributed by atoms with van der Waals surface area (Å²) in [5.41, 5.74) is 0. The molecule has 0 aromatic carbocycles. The van der Waals surface area contributed by atoms with Crippen molar-refractivity contribution in [3.63, 3.8) is 0 Å². The van der Waals surface area contributed by atoms with Crippen molar-refractivity contribution in [2.45, 2.75) is 105 Å². The van der Waals surface area contributed by atoms with E-state index in [1.54, 1.807) is 21.6 Å². The van der Waals surface area contributed by atoms with Crippen molar-refractivity contribution in [2.24, 2.45) is 0 Å². The second kappa shape index (κ2) is 15.9. The van der Waals surface area contributed by atoms with Crippen molar-refractivity contribution in [3.8, 4) is 0 Å². The topological polar surface area (TPSA) is 0 Å². The first-order valence-electron chi connectivity index (χ1n) is 8.49. The zero-order valence-electron chi connectivity index (χ0n) is 13.3. The second-order valence-electron chi connectivity index (χ2n) is 5.84. The van der Waals surface area contributed by atoms with E-state index in [0.29, 0.717) is 0 Å². The monoisotopic (exact) mass is 362 g/mol. The van der Waals surface area contributed by atoms with Gasteiger partial charge in [-0.05, 0) is 0 Å². The molecule has 110 valence electrons. The summed E-state index contributed by atoms with van der Waals surface area (Å²) in [4.78, 5) is 2.64. The van der Waals surface area contributed by atoms with Gasteiger partial charge in [-0.2, -0.15) is 0 Å². The van der Waals surface area contributed by atoms with Crippen molar-refractivity contribution < 1.29 is 0 Å². The molecule has 0 aromatic rings. The minimum absolute atomic E-state index is 0.734. The molecule has 0 nitrogen and oxygen atoms in total. The van der Waals surface area contributed by atoms with Gasteiger partial charge < -0.3 is 0 Å². The van der Waals surface area contributed by atoms with Crippen molar-refractivity contribution in [2.75, 3.05) is 0 Å². The average molecular weight is 363 g/mol. The van der Waals surface area contributed by atoms with Crippen LogP contribution in [0.25, 0.3) is 0 Å². The Labute approximate surface area is 124 Å². The fourth-order valence-corrected chi connectivity index (χ4v) is 7.43. The molecule has 0 spiro atoms. The van der Waals surface area contributed by atoms with Gasteiger partial charge in [-0.15, -0.1) is 0 Å². The van der Waals surface area contributed by atoms with Gasteiger partial charge in [-0.3, -0.25) is 0 Å². The van der Waals surface area contributed by atoms with E-state index in [1.165, 1.54) is 64.2 Å². The summed E-state index contributed by atoms with van der Waals surface area (Å²) in [5.74, 6) is 0. The molecule has 0 N–H and O–H groups in total. The molecular formula is C17H37Sb. The summed E-state index contributed by atoms with van der Waals surface area (Å²) in [6, 6.07) is 0. The molecule has 18 heavy (non-hydrogen) atoms. The van der Waals surface area contributed by atoms with E-state index in [0.717, 1.165) is 0 Å². The SMILES string of the molecule is CCCCCCC[CH2][Sb]([CH3])[CH2]CCCCCCC. The quantitative estimate of drug-likeness (QED) is 0.234. The van der Waals surface area contributed by atoms with Gasteiger partial charge in [0.15, 0.2) is 0 Å². The summed E-state index contributed by atoms with van der Waals surface area (Å²) < 4.78 is 3.31. The van der Waals surface area contributed by atoms with Gasteiger partial charge in [0.2, 0.25) is 0 Å². The van der Waals surface area contributed by atoms with Gasteiger partial charge in [0.25, 0.3) is 0 Å². The number of hydrogen-bond donors (Lipinski definition) is 0. The Kier molecular flexibility index (Phi) is 16.6. The molecule has 0 bridgehead atoms. The minimum atomic E-state index is -0.734. The Hall–Kier alpha value is 0.818. The van der Waals surface area contributed by atoms with E-state index in [1.807, 2.05) is 0 Å². The molecule has 0 aliphatic carbocycles. The van der Waals surface area contributed by atoms with Crippen molar-refractivity contribution >= 4 is 20.2 Å². The van der Waals surface area contributed by atoms with Crippen LogP contribution in [-0.2, 0) is 0 Å². The van der Waals surface area contributed by atoms with Gasteiger partial charge >= 0.3 is 125 Å². The van der Waals surface area contributed by atoms with E-state index < -0.39 is 20.2 Å². The summed E-state index contributed by atoms with van der Waals surface area (Å²) >= 11 is -0.734. The molecule has 0 atom stereocenters. The summed E-state index contributed by atoms with van der Waals surface area (Å²) in [5, 5.41) is 0. The predicted octanol–water partition coefficient (Wildman–Crippen LogP) is 6.83. The molecule has 0 heterocycles. The third kappa shape index (κ3) is 14.9. The van der Waals surface area contributed by atoms with Gasteiger partial charge in [0.1, 0.15) is 0 Å². The van der Waals surface area contributed by atoms with E-state index in [4.69, 9.17) is 0 Å². The van der Waals surface area contributed by atoms with Crippen LogP contribution in [0.4, 0.5) is 0 Å². The Morgan fingerprint density at radius 2 is 0.833 bits per heavy atom. The number of hydrogen-bond acceptors (Lipinski definition) is 0. The standard InChI is InChI=1S/2C8H17.CH3.Sb/c2*1-3-5-7-8-6-4-2;;/h2*1,3-8H2,2H3;1H3;. The van der Waals surface area contributed by atoms with Crippen LogP contribution in [0.2, 0.25) is 13.6 Å². The van der Waals surface area contributed by atoms with Crippen LogP contribution >= 0.6 is 0 Å². The number of rotatable bonds is 14. The van der Waals surface area contributed by atoms with Crippen LogP contribution in [0.3, 0.4) is 0 Å². The fourth-order valence-electron chi connectivity index (χ4n) is 2.44. The van der Waals surface area contributed by atoms with E-state index >= 15 is 0 Å². The van der Waals surface area contributed by atoms with E-state index in [2.05, 4.69) is 18.7 Å². The Bertz CT molecular complexity index is 129.